The van der Waals surface area contributed by atoms with Gasteiger partial charge in [0.25, 0.3) is 0 Å². The molecule has 0 atom stereocenters. The van der Waals surface area contributed by atoms with Gasteiger partial charge in [-0.3, -0.25) is 0 Å². The van der Waals surface area contributed by atoms with Crippen molar-refractivity contribution in [3.8, 4) is 11.8 Å². The van der Waals surface area contributed by atoms with Gasteiger partial charge in [0.05, 0.1) is 0 Å². The van der Waals surface area contributed by atoms with E-state index < -0.39 is 0 Å². The van der Waals surface area contributed by atoms with Gasteiger partial charge in [0.2, 0.25) is 0 Å². The minimum atomic E-state index is 0.733. The first-order valence-corrected chi connectivity index (χ1v) is 7.96. The van der Waals surface area contributed by atoms with Crippen LogP contribution >= 0.6 is 0 Å². The maximum atomic E-state index is 10.1. The zero-order chi connectivity index (χ0) is 14.0. The first kappa shape index (κ1) is 18.0. The fourth-order valence-electron chi connectivity index (χ4n) is 1.90. The van der Waals surface area contributed by atoms with Crippen LogP contribution in [0.15, 0.2) is 12.2 Å². The van der Waals surface area contributed by atoms with Gasteiger partial charge in [-0.2, -0.15) is 0 Å². The third-order valence-corrected chi connectivity index (χ3v) is 3.11. The monoisotopic (exact) mass is 262 g/mol. The predicted octanol–water partition coefficient (Wildman–Crippen LogP) is 5.45. The molecule has 0 unspecified atom stereocenters. The molecule has 0 radical (unpaired) electrons. The van der Waals surface area contributed by atoms with E-state index in [1.165, 1.54) is 51.4 Å². The van der Waals surface area contributed by atoms with E-state index >= 15 is 0 Å². The highest BCUT2D eigenvalue weighted by Crippen LogP contribution is 2.06. The second-order valence-electron chi connectivity index (χ2n) is 5.00. The molecular formula is C18H30O. The molecule has 0 bridgehead atoms. The lowest BCUT2D eigenvalue weighted by Crippen LogP contribution is -1.80. The summed E-state index contributed by atoms with van der Waals surface area (Å²) in [5.74, 6) is 6.42. The lowest BCUT2D eigenvalue weighted by molar-refractivity contribution is -0.107. The second kappa shape index (κ2) is 17.0. The molecule has 1 nitrogen and oxygen atoms in total. The zero-order valence-corrected chi connectivity index (χ0v) is 12.6. The van der Waals surface area contributed by atoms with Crippen LogP contribution in [0.5, 0.6) is 0 Å². The highest BCUT2D eigenvalue weighted by atomic mass is 16.1. The fraction of sp³-hybridized carbons (Fsp3) is 0.722. The minimum absolute atomic E-state index is 0.733. The van der Waals surface area contributed by atoms with Gasteiger partial charge in [0.15, 0.2) is 0 Å². The first-order valence-electron chi connectivity index (χ1n) is 7.96. The van der Waals surface area contributed by atoms with Gasteiger partial charge in [-0.15, -0.1) is 5.92 Å². The van der Waals surface area contributed by atoms with Crippen LogP contribution in [0.4, 0.5) is 0 Å². The molecule has 0 aromatic carbocycles. The number of hydrogen-bond donors (Lipinski definition) is 0. The molecule has 0 rings (SSSR count). The molecule has 0 saturated carbocycles. The van der Waals surface area contributed by atoms with Crippen molar-refractivity contribution in [1.29, 1.82) is 0 Å². The number of unbranched alkanes of at least 4 members (excludes halogenated alkanes) is 9. The van der Waals surface area contributed by atoms with Gasteiger partial charge in [-0.05, 0) is 25.7 Å². The molecule has 0 heterocycles. The van der Waals surface area contributed by atoms with Gasteiger partial charge in [0, 0.05) is 19.3 Å². The Bertz CT molecular complexity index is 267. The highest BCUT2D eigenvalue weighted by Gasteiger charge is 1.89. The van der Waals surface area contributed by atoms with E-state index in [0.29, 0.717) is 0 Å². The standard InChI is InChI=1S/C18H30O/c1-2-3-4-5-6-7-8-9-10-11-12-13-14-15-16-17-18-19/h9-10,18H,2-5,8,11-17H2,1H3/b10-9+. The molecule has 0 aromatic heterocycles. The van der Waals surface area contributed by atoms with Crippen molar-refractivity contribution in [1.82, 2.24) is 0 Å². The van der Waals surface area contributed by atoms with Gasteiger partial charge < -0.3 is 4.79 Å². The van der Waals surface area contributed by atoms with E-state index in [1.54, 1.807) is 0 Å². The summed E-state index contributed by atoms with van der Waals surface area (Å²) in [6.07, 6.45) is 19.2. The van der Waals surface area contributed by atoms with Crippen LogP contribution in [0, 0.1) is 11.8 Å². The molecule has 1 heteroatoms. The Hall–Kier alpha value is -1.03. The van der Waals surface area contributed by atoms with Crippen LogP contribution < -0.4 is 0 Å². The van der Waals surface area contributed by atoms with E-state index in [1.807, 2.05) is 0 Å². The Labute approximate surface area is 119 Å². The number of aldehydes is 1. The van der Waals surface area contributed by atoms with Gasteiger partial charge >= 0.3 is 0 Å². The molecule has 0 amide bonds. The van der Waals surface area contributed by atoms with Crippen LogP contribution in [0.1, 0.15) is 84.0 Å². The van der Waals surface area contributed by atoms with Crippen LogP contribution in [-0.4, -0.2) is 6.29 Å². The molecule has 108 valence electrons. The van der Waals surface area contributed by atoms with Crippen LogP contribution in [0.25, 0.3) is 0 Å². The average molecular weight is 262 g/mol. The number of carbonyl (C=O) groups is 1. The molecule has 0 aliphatic rings. The van der Waals surface area contributed by atoms with Crippen molar-refractivity contribution < 1.29 is 4.79 Å². The number of hydrogen-bond acceptors (Lipinski definition) is 1. The lowest BCUT2D eigenvalue weighted by Gasteiger charge is -1.96. The smallest absolute Gasteiger partial charge is 0.119 e. The molecule has 0 N–H and O–H groups in total. The van der Waals surface area contributed by atoms with Gasteiger partial charge in [-0.25, -0.2) is 0 Å². The summed E-state index contributed by atoms with van der Waals surface area (Å²) in [6.45, 7) is 2.22. The quantitative estimate of drug-likeness (QED) is 0.198. The second-order valence-corrected chi connectivity index (χ2v) is 5.00. The maximum absolute atomic E-state index is 10.1. The summed E-state index contributed by atoms with van der Waals surface area (Å²) in [7, 11) is 0. The predicted molar refractivity (Wildman–Crippen MR) is 84.1 cm³/mol. The number of carbonyl (C=O) groups excluding carboxylic acids is 1. The van der Waals surface area contributed by atoms with Gasteiger partial charge in [0.1, 0.15) is 6.29 Å². The van der Waals surface area contributed by atoms with Crippen molar-refractivity contribution >= 4 is 6.29 Å². The summed E-state index contributed by atoms with van der Waals surface area (Å²) in [5, 5.41) is 0. The fourth-order valence-corrected chi connectivity index (χ4v) is 1.90. The van der Waals surface area contributed by atoms with E-state index in [9.17, 15) is 4.79 Å². The molecule has 0 fully saturated rings. The maximum Gasteiger partial charge on any atom is 0.119 e. The Morgan fingerprint density at radius 1 is 0.789 bits per heavy atom. The normalized spacial score (nSPS) is 10.4. The first-order chi connectivity index (χ1) is 9.41. The Balaban J connectivity index is 3.18. The average Bonchev–Trinajstić information content (AvgIpc) is 2.43. The molecule has 0 aliphatic carbocycles. The van der Waals surface area contributed by atoms with E-state index in [4.69, 9.17) is 0 Å². The summed E-state index contributed by atoms with van der Waals surface area (Å²) in [6, 6.07) is 0. The largest absolute Gasteiger partial charge is 0.303 e. The summed E-state index contributed by atoms with van der Waals surface area (Å²) in [5.41, 5.74) is 0. The molecule has 0 saturated heterocycles. The van der Waals surface area contributed by atoms with E-state index in [0.717, 1.165) is 32.0 Å². The van der Waals surface area contributed by atoms with E-state index in [-0.39, 0.29) is 0 Å². The zero-order valence-electron chi connectivity index (χ0n) is 12.6. The SMILES string of the molecule is CCCCCC#CC/C=C/CCCCCCCC=O. The number of rotatable bonds is 12. The summed E-state index contributed by atoms with van der Waals surface area (Å²) >= 11 is 0. The minimum Gasteiger partial charge on any atom is -0.303 e. The van der Waals surface area contributed by atoms with E-state index in [2.05, 4.69) is 30.9 Å². The molecule has 0 aliphatic heterocycles. The Morgan fingerprint density at radius 2 is 1.53 bits per heavy atom. The van der Waals surface area contributed by atoms with Crippen molar-refractivity contribution in [2.75, 3.05) is 0 Å². The van der Waals surface area contributed by atoms with Crippen LogP contribution in [0.3, 0.4) is 0 Å². The third-order valence-electron chi connectivity index (χ3n) is 3.11. The molecule has 0 spiro atoms. The Morgan fingerprint density at radius 3 is 2.26 bits per heavy atom. The van der Waals surface area contributed by atoms with Crippen molar-refractivity contribution in [3.05, 3.63) is 12.2 Å². The van der Waals surface area contributed by atoms with Crippen LogP contribution in [-0.2, 0) is 4.79 Å². The third kappa shape index (κ3) is 17.0. The molecular weight excluding hydrogens is 232 g/mol. The van der Waals surface area contributed by atoms with Crippen molar-refractivity contribution in [2.24, 2.45) is 0 Å². The summed E-state index contributed by atoms with van der Waals surface area (Å²) in [4.78, 5) is 10.1. The summed E-state index contributed by atoms with van der Waals surface area (Å²) < 4.78 is 0. The van der Waals surface area contributed by atoms with Crippen molar-refractivity contribution in [2.45, 2.75) is 84.0 Å². The Kier molecular flexibility index (Phi) is 16.1. The topological polar surface area (TPSA) is 17.1 Å². The van der Waals surface area contributed by atoms with Crippen LogP contribution in [0.2, 0.25) is 0 Å². The van der Waals surface area contributed by atoms with Crippen molar-refractivity contribution in [3.63, 3.8) is 0 Å². The lowest BCUT2D eigenvalue weighted by atomic mass is 10.1. The highest BCUT2D eigenvalue weighted by molar-refractivity contribution is 5.48. The van der Waals surface area contributed by atoms with Gasteiger partial charge in [-0.1, -0.05) is 57.1 Å². The molecule has 0 aromatic rings. The number of allylic oxidation sites excluding steroid dienone is 2. The molecule has 19 heavy (non-hydrogen) atoms.